The third-order valence-corrected chi connectivity index (χ3v) is 8.04. The molecule has 0 spiro atoms. The van der Waals surface area contributed by atoms with E-state index >= 15 is 0 Å². The standard InChI is InChI=1S/C21H28O2/c1-4-13-11-18(23)21(3)10-8-17-16(19(13)21)6-5-14-12-15(22)7-9-20(14,17)2/h4,12-13,16-17,19H,1,5-11H2,2-3H3/t13-,16?,17?,19?,20+,21-/m1/s1. The molecule has 0 bridgehead atoms. The molecule has 3 saturated carbocycles. The highest BCUT2D eigenvalue weighted by molar-refractivity contribution is 5.91. The zero-order chi connectivity index (χ0) is 16.4. The minimum atomic E-state index is -0.123. The average Bonchev–Trinajstić information content (AvgIpc) is 2.79. The number of rotatable bonds is 1. The fourth-order valence-electron chi connectivity index (χ4n) is 6.73. The first-order valence-electron chi connectivity index (χ1n) is 9.30. The molecular weight excluding hydrogens is 284 g/mol. The summed E-state index contributed by atoms with van der Waals surface area (Å²) in [5.74, 6) is 2.88. The fraction of sp³-hybridized carbons (Fsp3) is 0.714. The van der Waals surface area contributed by atoms with Crippen molar-refractivity contribution in [2.45, 2.75) is 58.8 Å². The quantitative estimate of drug-likeness (QED) is 0.668. The number of carbonyl (C=O) groups excluding carboxylic acids is 2. The van der Waals surface area contributed by atoms with Crippen LogP contribution in [0.5, 0.6) is 0 Å². The molecule has 0 heterocycles. The highest BCUT2D eigenvalue weighted by Crippen LogP contribution is 2.65. The second-order valence-corrected chi connectivity index (χ2v) is 8.87. The lowest BCUT2D eigenvalue weighted by molar-refractivity contribution is -0.132. The van der Waals surface area contributed by atoms with Crippen molar-refractivity contribution in [3.63, 3.8) is 0 Å². The summed E-state index contributed by atoms with van der Waals surface area (Å²) in [6.07, 6.45) is 10.8. The molecule has 124 valence electrons. The van der Waals surface area contributed by atoms with E-state index in [0.29, 0.717) is 48.1 Å². The molecule has 4 rings (SSSR count). The first kappa shape index (κ1) is 15.4. The fourth-order valence-corrected chi connectivity index (χ4v) is 6.73. The van der Waals surface area contributed by atoms with Crippen LogP contribution in [0, 0.1) is 34.5 Å². The Morgan fingerprint density at radius 1 is 1.13 bits per heavy atom. The molecule has 0 N–H and O–H groups in total. The van der Waals surface area contributed by atoms with Crippen LogP contribution in [0.2, 0.25) is 0 Å². The number of hydrogen-bond acceptors (Lipinski definition) is 2. The van der Waals surface area contributed by atoms with Crippen molar-refractivity contribution in [2.24, 2.45) is 34.5 Å². The summed E-state index contributed by atoms with van der Waals surface area (Å²) >= 11 is 0. The van der Waals surface area contributed by atoms with Gasteiger partial charge in [-0.25, -0.2) is 0 Å². The number of fused-ring (bicyclic) bond motifs is 5. The van der Waals surface area contributed by atoms with Crippen molar-refractivity contribution in [2.75, 3.05) is 0 Å². The van der Waals surface area contributed by atoms with E-state index in [-0.39, 0.29) is 10.8 Å². The molecule has 6 atom stereocenters. The second-order valence-electron chi connectivity index (χ2n) is 8.87. The Bertz CT molecular complexity index is 615. The van der Waals surface area contributed by atoms with E-state index in [1.165, 1.54) is 5.57 Å². The molecule has 3 fully saturated rings. The van der Waals surface area contributed by atoms with Gasteiger partial charge in [0.2, 0.25) is 0 Å². The lowest BCUT2D eigenvalue weighted by atomic mass is 9.46. The summed E-state index contributed by atoms with van der Waals surface area (Å²) < 4.78 is 0. The van der Waals surface area contributed by atoms with Crippen LogP contribution in [-0.2, 0) is 9.59 Å². The molecule has 0 saturated heterocycles. The molecule has 3 unspecified atom stereocenters. The van der Waals surface area contributed by atoms with Crippen molar-refractivity contribution < 1.29 is 9.59 Å². The van der Waals surface area contributed by atoms with Crippen LogP contribution in [0.1, 0.15) is 58.8 Å². The summed E-state index contributed by atoms with van der Waals surface area (Å²) in [7, 11) is 0. The lowest BCUT2D eigenvalue weighted by Crippen LogP contribution is -2.51. The van der Waals surface area contributed by atoms with Crippen molar-refractivity contribution in [3.05, 3.63) is 24.3 Å². The van der Waals surface area contributed by atoms with Gasteiger partial charge in [-0.1, -0.05) is 25.5 Å². The maximum atomic E-state index is 12.7. The van der Waals surface area contributed by atoms with Crippen LogP contribution >= 0.6 is 0 Å². The smallest absolute Gasteiger partial charge is 0.155 e. The van der Waals surface area contributed by atoms with Gasteiger partial charge in [0.1, 0.15) is 5.78 Å². The number of allylic oxidation sites excluding steroid dienone is 2. The monoisotopic (exact) mass is 312 g/mol. The lowest BCUT2D eigenvalue weighted by Gasteiger charge is -2.57. The van der Waals surface area contributed by atoms with E-state index in [9.17, 15) is 9.59 Å². The molecule has 0 aliphatic heterocycles. The van der Waals surface area contributed by atoms with Crippen molar-refractivity contribution in [3.8, 4) is 0 Å². The van der Waals surface area contributed by atoms with Gasteiger partial charge in [-0.2, -0.15) is 0 Å². The minimum absolute atomic E-state index is 0.123. The van der Waals surface area contributed by atoms with Crippen molar-refractivity contribution >= 4 is 11.6 Å². The van der Waals surface area contributed by atoms with Gasteiger partial charge in [0, 0.05) is 18.3 Å². The van der Waals surface area contributed by atoms with Crippen LogP contribution in [0.25, 0.3) is 0 Å². The van der Waals surface area contributed by atoms with Crippen LogP contribution in [0.4, 0.5) is 0 Å². The largest absolute Gasteiger partial charge is 0.299 e. The summed E-state index contributed by atoms with van der Waals surface area (Å²) in [5, 5.41) is 0. The molecular formula is C21H28O2. The number of hydrogen-bond donors (Lipinski definition) is 0. The summed E-state index contributed by atoms with van der Waals surface area (Å²) in [5.41, 5.74) is 1.47. The Labute approximate surface area is 139 Å². The van der Waals surface area contributed by atoms with Crippen LogP contribution in [0.3, 0.4) is 0 Å². The van der Waals surface area contributed by atoms with E-state index < -0.39 is 0 Å². The van der Waals surface area contributed by atoms with Gasteiger partial charge in [-0.15, -0.1) is 6.58 Å². The Hall–Kier alpha value is -1.18. The summed E-state index contributed by atoms with van der Waals surface area (Å²) in [6.45, 7) is 8.65. The highest BCUT2D eigenvalue weighted by Gasteiger charge is 2.61. The number of ketones is 2. The molecule has 2 nitrogen and oxygen atoms in total. The highest BCUT2D eigenvalue weighted by atomic mass is 16.1. The molecule has 23 heavy (non-hydrogen) atoms. The molecule has 2 heteroatoms. The van der Waals surface area contributed by atoms with E-state index in [1.807, 2.05) is 12.2 Å². The van der Waals surface area contributed by atoms with Crippen LogP contribution in [0.15, 0.2) is 24.3 Å². The van der Waals surface area contributed by atoms with Crippen LogP contribution in [-0.4, -0.2) is 11.6 Å². The molecule has 4 aliphatic rings. The van der Waals surface area contributed by atoms with Gasteiger partial charge >= 0.3 is 0 Å². The molecule has 0 aromatic heterocycles. The Morgan fingerprint density at radius 2 is 1.91 bits per heavy atom. The molecule has 4 aliphatic carbocycles. The van der Waals surface area contributed by atoms with Gasteiger partial charge < -0.3 is 0 Å². The Kier molecular flexibility index (Phi) is 3.28. The van der Waals surface area contributed by atoms with E-state index in [0.717, 1.165) is 32.1 Å². The van der Waals surface area contributed by atoms with E-state index in [2.05, 4.69) is 20.4 Å². The number of carbonyl (C=O) groups is 2. The van der Waals surface area contributed by atoms with Crippen molar-refractivity contribution in [1.82, 2.24) is 0 Å². The zero-order valence-electron chi connectivity index (χ0n) is 14.4. The normalized spacial score (nSPS) is 49.0. The van der Waals surface area contributed by atoms with Gasteiger partial charge in [0.05, 0.1) is 0 Å². The van der Waals surface area contributed by atoms with Crippen LogP contribution < -0.4 is 0 Å². The maximum Gasteiger partial charge on any atom is 0.155 e. The third-order valence-electron chi connectivity index (χ3n) is 8.04. The summed E-state index contributed by atoms with van der Waals surface area (Å²) in [4.78, 5) is 24.5. The first-order valence-corrected chi connectivity index (χ1v) is 9.30. The van der Waals surface area contributed by atoms with Gasteiger partial charge in [-0.05, 0) is 67.3 Å². The zero-order valence-corrected chi connectivity index (χ0v) is 14.4. The SMILES string of the molecule is C=C[C@@H]1CC(=O)[C@@]2(C)CCC3C(CCC4=CC(=O)CC[C@@]43C)C12. The molecule has 0 radical (unpaired) electrons. The van der Waals surface area contributed by atoms with E-state index in [4.69, 9.17) is 0 Å². The summed E-state index contributed by atoms with van der Waals surface area (Å²) in [6, 6.07) is 0. The van der Waals surface area contributed by atoms with Gasteiger partial charge in [0.25, 0.3) is 0 Å². The number of Topliss-reactive ketones (excluding diaryl/α,β-unsaturated/α-hetero) is 1. The predicted molar refractivity (Wildman–Crippen MR) is 90.8 cm³/mol. The first-order chi connectivity index (χ1) is 10.9. The third kappa shape index (κ3) is 1.93. The van der Waals surface area contributed by atoms with Crippen molar-refractivity contribution in [1.29, 1.82) is 0 Å². The van der Waals surface area contributed by atoms with Gasteiger partial charge in [-0.3, -0.25) is 9.59 Å². The van der Waals surface area contributed by atoms with Gasteiger partial charge in [0.15, 0.2) is 5.78 Å². The topological polar surface area (TPSA) is 34.1 Å². The average molecular weight is 312 g/mol. The second kappa shape index (κ2) is 4.91. The Balaban J connectivity index is 1.74. The maximum absolute atomic E-state index is 12.7. The Morgan fingerprint density at radius 3 is 2.65 bits per heavy atom. The van der Waals surface area contributed by atoms with E-state index in [1.54, 1.807) is 0 Å². The minimum Gasteiger partial charge on any atom is -0.299 e. The molecule has 0 amide bonds. The molecule has 0 aromatic rings. The predicted octanol–water partition coefficient (Wildman–Crippen LogP) is 4.50. The molecule has 0 aromatic carbocycles.